The Bertz CT molecular complexity index is 552. The van der Waals surface area contributed by atoms with Crippen molar-refractivity contribution in [2.75, 3.05) is 32.4 Å². The second-order valence-electron chi connectivity index (χ2n) is 5.64. The van der Waals surface area contributed by atoms with Gasteiger partial charge in [0.2, 0.25) is 10.0 Å². The first-order valence-corrected chi connectivity index (χ1v) is 7.74. The van der Waals surface area contributed by atoms with Crippen molar-refractivity contribution in [3.05, 3.63) is 24.3 Å². The van der Waals surface area contributed by atoms with Gasteiger partial charge in [-0.25, -0.2) is 8.42 Å². The molecule has 1 aliphatic rings. The zero-order valence-electron chi connectivity index (χ0n) is 11.6. The maximum absolute atomic E-state index is 12.6. The molecule has 106 valence electrons. The molecule has 1 aliphatic heterocycles. The van der Waals surface area contributed by atoms with E-state index in [9.17, 15) is 8.42 Å². The summed E-state index contributed by atoms with van der Waals surface area (Å²) in [5.74, 6) is 0. The van der Waals surface area contributed by atoms with Crippen molar-refractivity contribution in [1.82, 2.24) is 9.21 Å². The zero-order valence-corrected chi connectivity index (χ0v) is 12.4. The summed E-state index contributed by atoms with van der Waals surface area (Å²) in [4.78, 5) is 2.49. The van der Waals surface area contributed by atoms with Gasteiger partial charge in [0.25, 0.3) is 0 Å². The quantitative estimate of drug-likeness (QED) is 0.822. The van der Waals surface area contributed by atoms with Gasteiger partial charge in [-0.3, -0.25) is 4.90 Å². The number of hydrogen-bond acceptors (Lipinski definition) is 4. The van der Waals surface area contributed by atoms with Crippen LogP contribution in [0.1, 0.15) is 13.8 Å². The second-order valence-corrected chi connectivity index (χ2v) is 7.58. The Morgan fingerprint density at radius 2 is 1.74 bits per heavy atom. The number of nitrogens with two attached hydrogens (primary N) is 1. The van der Waals surface area contributed by atoms with Crippen LogP contribution in [-0.4, -0.2) is 49.8 Å². The van der Waals surface area contributed by atoms with Crippen LogP contribution in [0.4, 0.5) is 5.69 Å². The molecule has 1 aromatic rings. The second kappa shape index (κ2) is 4.77. The molecule has 0 spiro atoms. The molecule has 19 heavy (non-hydrogen) atoms. The lowest BCUT2D eigenvalue weighted by atomic mass is 10.0. The number of nitrogens with zero attached hydrogens (tertiary/aromatic N) is 2. The minimum absolute atomic E-state index is 0.154. The first-order valence-electron chi connectivity index (χ1n) is 6.30. The molecule has 0 aliphatic carbocycles. The number of likely N-dealkylation sites (N-methyl/N-ethyl adjacent to an activating group) is 1. The van der Waals surface area contributed by atoms with Crippen molar-refractivity contribution in [1.29, 1.82) is 0 Å². The molecule has 0 bridgehead atoms. The molecule has 1 heterocycles. The third kappa shape index (κ3) is 2.75. The van der Waals surface area contributed by atoms with Crippen molar-refractivity contribution in [2.24, 2.45) is 0 Å². The molecule has 0 aromatic heterocycles. The van der Waals surface area contributed by atoms with E-state index in [1.165, 1.54) is 0 Å². The summed E-state index contributed by atoms with van der Waals surface area (Å²) in [6.45, 7) is 5.86. The molecule has 0 atom stereocenters. The fourth-order valence-electron chi connectivity index (χ4n) is 2.19. The summed E-state index contributed by atoms with van der Waals surface area (Å²) >= 11 is 0. The van der Waals surface area contributed by atoms with Gasteiger partial charge in [0.1, 0.15) is 0 Å². The highest BCUT2D eigenvalue weighted by Crippen LogP contribution is 2.25. The molecule has 1 aromatic carbocycles. The van der Waals surface area contributed by atoms with Crippen molar-refractivity contribution in [2.45, 2.75) is 24.3 Å². The average Bonchev–Trinajstić information content (AvgIpc) is 2.33. The molecule has 6 heteroatoms. The van der Waals surface area contributed by atoms with E-state index in [0.717, 1.165) is 6.54 Å². The summed E-state index contributed by atoms with van der Waals surface area (Å²) in [5, 5.41) is 0. The van der Waals surface area contributed by atoms with E-state index in [-0.39, 0.29) is 5.54 Å². The van der Waals surface area contributed by atoms with Gasteiger partial charge in [-0.05, 0) is 45.2 Å². The predicted octanol–water partition coefficient (Wildman–Crippen LogP) is 0.983. The SMILES string of the molecule is CN1CCN(S(=O)(=O)c2ccc(N)cc2)CC1(C)C. The Morgan fingerprint density at radius 1 is 1.16 bits per heavy atom. The van der Waals surface area contributed by atoms with Crippen LogP contribution in [0.25, 0.3) is 0 Å². The minimum Gasteiger partial charge on any atom is -0.399 e. The first-order chi connectivity index (χ1) is 8.73. The topological polar surface area (TPSA) is 66.6 Å². The van der Waals surface area contributed by atoms with Gasteiger partial charge >= 0.3 is 0 Å². The number of rotatable bonds is 2. The summed E-state index contributed by atoms with van der Waals surface area (Å²) in [7, 11) is -1.40. The Kier molecular flexibility index (Phi) is 3.59. The van der Waals surface area contributed by atoms with Crippen LogP contribution in [0.3, 0.4) is 0 Å². The smallest absolute Gasteiger partial charge is 0.243 e. The monoisotopic (exact) mass is 283 g/mol. The minimum atomic E-state index is -3.42. The summed E-state index contributed by atoms with van der Waals surface area (Å²) < 4.78 is 26.7. The van der Waals surface area contributed by atoms with Gasteiger partial charge in [0, 0.05) is 30.9 Å². The zero-order chi connectivity index (χ0) is 14.3. The van der Waals surface area contributed by atoms with Gasteiger partial charge in [-0.2, -0.15) is 4.31 Å². The molecule has 1 fully saturated rings. The lowest BCUT2D eigenvalue weighted by Crippen LogP contribution is -2.58. The normalized spacial score (nSPS) is 21.4. The lowest BCUT2D eigenvalue weighted by Gasteiger charge is -2.44. The standard InChI is InChI=1S/C13H21N3O2S/c1-13(2)10-16(9-8-15(13)3)19(17,18)12-6-4-11(14)5-7-12/h4-7H,8-10,14H2,1-3H3. The molecular weight excluding hydrogens is 262 g/mol. The molecule has 5 nitrogen and oxygen atoms in total. The van der Waals surface area contributed by atoms with Crippen molar-refractivity contribution in [3.63, 3.8) is 0 Å². The summed E-state index contributed by atoms with van der Waals surface area (Å²) in [6, 6.07) is 6.37. The number of benzene rings is 1. The van der Waals surface area contributed by atoms with Crippen LogP contribution in [0.2, 0.25) is 0 Å². The number of nitrogen functional groups attached to an aromatic ring is 1. The highest BCUT2D eigenvalue weighted by atomic mass is 32.2. The van der Waals surface area contributed by atoms with Crippen LogP contribution >= 0.6 is 0 Å². The van der Waals surface area contributed by atoms with E-state index in [0.29, 0.717) is 23.7 Å². The van der Waals surface area contributed by atoms with Gasteiger partial charge in [0.15, 0.2) is 0 Å². The van der Waals surface area contributed by atoms with Crippen LogP contribution in [0.15, 0.2) is 29.2 Å². The summed E-state index contributed by atoms with van der Waals surface area (Å²) in [6.07, 6.45) is 0. The van der Waals surface area contributed by atoms with Gasteiger partial charge in [0.05, 0.1) is 4.90 Å². The number of anilines is 1. The maximum Gasteiger partial charge on any atom is 0.243 e. The predicted molar refractivity (Wildman–Crippen MR) is 76.3 cm³/mol. The molecule has 2 N–H and O–H groups in total. The highest BCUT2D eigenvalue weighted by Gasteiger charge is 2.37. The van der Waals surface area contributed by atoms with E-state index in [1.807, 2.05) is 7.05 Å². The number of hydrogen-bond donors (Lipinski definition) is 1. The third-order valence-electron chi connectivity index (χ3n) is 3.80. The Morgan fingerprint density at radius 3 is 2.26 bits per heavy atom. The molecule has 0 radical (unpaired) electrons. The number of piperazine rings is 1. The average molecular weight is 283 g/mol. The van der Waals surface area contributed by atoms with Crippen molar-refractivity contribution < 1.29 is 8.42 Å². The first kappa shape index (κ1) is 14.3. The van der Waals surface area contributed by atoms with Gasteiger partial charge in [-0.15, -0.1) is 0 Å². The van der Waals surface area contributed by atoms with E-state index in [2.05, 4.69) is 18.7 Å². The molecule has 1 saturated heterocycles. The van der Waals surface area contributed by atoms with Gasteiger partial charge < -0.3 is 5.73 Å². The van der Waals surface area contributed by atoms with E-state index in [1.54, 1.807) is 28.6 Å². The highest BCUT2D eigenvalue weighted by molar-refractivity contribution is 7.89. The molecule has 0 unspecified atom stereocenters. The third-order valence-corrected chi connectivity index (χ3v) is 5.66. The fraction of sp³-hybridized carbons (Fsp3) is 0.538. The van der Waals surface area contributed by atoms with Crippen LogP contribution in [-0.2, 0) is 10.0 Å². The van der Waals surface area contributed by atoms with Crippen LogP contribution in [0, 0.1) is 0 Å². The maximum atomic E-state index is 12.6. The molecule has 0 amide bonds. The molecule has 0 saturated carbocycles. The fourth-order valence-corrected chi connectivity index (χ4v) is 3.78. The number of sulfonamides is 1. The summed E-state index contributed by atoms with van der Waals surface area (Å²) in [5.41, 5.74) is 6.01. The van der Waals surface area contributed by atoms with Crippen molar-refractivity contribution >= 4 is 15.7 Å². The Balaban J connectivity index is 2.28. The van der Waals surface area contributed by atoms with Crippen LogP contribution < -0.4 is 5.73 Å². The van der Waals surface area contributed by atoms with E-state index >= 15 is 0 Å². The molecule has 2 rings (SSSR count). The van der Waals surface area contributed by atoms with Crippen LogP contribution in [0.5, 0.6) is 0 Å². The Labute approximate surface area is 115 Å². The lowest BCUT2D eigenvalue weighted by molar-refractivity contribution is 0.0801. The largest absolute Gasteiger partial charge is 0.399 e. The van der Waals surface area contributed by atoms with Crippen molar-refractivity contribution in [3.8, 4) is 0 Å². The van der Waals surface area contributed by atoms with E-state index < -0.39 is 10.0 Å². The Hall–Kier alpha value is -1.11. The molecular formula is C13H21N3O2S. The van der Waals surface area contributed by atoms with Gasteiger partial charge in [-0.1, -0.05) is 0 Å². The van der Waals surface area contributed by atoms with E-state index in [4.69, 9.17) is 5.73 Å².